The highest BCUT2D eigenvalue weighted by Crippen LogP contribution is 2.15. The number of nitro groups is 1. The van der Waals surface area contributed by atoms with Gasteiger partial charge >= 0.3 is 0 Å². The molecule has 108 valence electrons. The molecule has 0 aliphatic heterocycles. The van der Waals surface area contributed by atoms with Crippen LogP contribution in [0.2, 0.25) is 0 Å². The molecule has 1 atom stereocenters. The number of hydrogen-bond acceptors (Lipinski definition) is 5. The number of unbranched alkanes of at least 4 members (excludes halogenated alkanes) is 3. The summed E-state index contributed by atoms with van der Waals surface area (Å²) in [6.45, 7) is 4.05. The average Bonchev–Trinajstić information content (AvgIpc) is 2.82. The van der Waals surface area contributed by atoms with E-state index in [0.717, 1.165) is 44.9 Å². The van der Waals surface area contributed by atoms with Crippen molar-refractivity contribution in [2.45, 2.75) is 64.8 Å². The fourth-order valence-corrected chi connectivity index (χ4v) is 1.99. The molecule has 0 aromatic carbocycles. The standard InChI is InChI=1S/C12H23N5O2/c1-3-5-6-7-9-11(10-16(18)19)17-14-12(8-4-2)13-15-17/h11H,3-10H2,1-2H3. The van der Waals surface area contributed by atoms with Gasteiger partial charge in [-0.1, -0.05) is 39.5 Å². The van der Waals surface area contributed by atoms with Crippen molar-refractivity contribution >= 4 is 0 Å². The monoisotopic (exact) mass is 269 g/mol. The molecule has 0 aliphatic rings. The third kappa shape index (κ3) is 5.76. The van der Waals surface area contributed by atoms with Crippen molar-refractivity contribution < 1.29 is 4.92 Å². The summed E-state index contributed by atoms with van der Waals surface area (Å²) in [5.74, 6) is 0.671. The van der Waals surface area contributed by atoms with Gasteiger partial charge in [0.1, 0.15) is 6.04 Å². The van der Waals surface area contributed by atoms with Gasteiger partial charge < -0.3 is 0 Å². The van der Waals surface area contributed by atoms with Crippen LogP contribution < -0.4 is 0 Å². The van der Waals surface area contributed by atoms with E-state index in [0.29, 0.717) is 5.82 Å². The molecule has 1 unspecified atom stereocenters. The lowest BCUT2D eigenvalue weighted by molar-refractivity contribution is -0.487. The van der Waals surface area contributed by atoms with Crippen molar-refractivity contribution in [1.82, 2.24) is 20.2 Å². The molecule has 1 aromatic heterocycles. The van der Waals surface area contributed by atoms with Gasteiger partial charge in [-0.05, 0) is 18.1 Å². The molecule has 0 radical (unpaired) electrons. The second-order valence-corrected chi connectivity index (χ2v) is 4.79. The van der Waals surface area contributed by atoms with Crippen LogP contribution in [0.15, 0.2) is 0 Å². The van der Waals surface area contributed by atoms with Gasteiger partial charge in [0.05, 0.1) is 0 Å². The van der Waals surface area contributed by atoms with Crippen LogP contribution in [0.5, 0.6) is 0 Å². The van der Waals surface area contributed by atoms with E-state index >= 15 is 0 Å². The summed E-state index contributed by atoms with van der Waals surface area (Å²) < 4.78 is 0. The van der Waals surface area contributed by atoms with Crippen LogP contribution in [0.3, 0.4) is 0 Å². The maximum absolute atomic E-state index is 10.7. The number of rotatable bonds is 10. The summed E-state index contributed by atoms with van der Waals surface area (Å²) in [6, 6.07) is -0.273. The zero-order chi connectivity index (χ0) is 14.1. The number of hydrogen-bond donors (Lipinski definition) is 0. The Morgan fingerprint density at radius 1 is 1.26 bits per heavy atom. The Balaban J connectivity index is 2.58. The van der Waals surface area contributed by atoms with E-state index in [2.05, 4.69) is 22.3 Å². The molecule has 0 amide bonds. The SMILES string of the molecule is CCCCCCC(C[N+](=O)[O-])n1nnc(CCC)n1. The predicted octanol–water partition coefficient (Wildman–Crippen LogP) is 2.41. The predicted molar refractivity (Wildman–Crippen MR) is 71.5 cm³/mol. The molecule has 7 heteroatoms. The summed E-state index contributed by atoms with van der Waals surface area (Å²) in [4.78, 5) is 11.9. The van der Waals surface area contributed by atoms with Gasteiger partial charge in [-0.2, -0.15) is 4.80 Å². The van der Waals surface area contributed by atoms with Crippen LogP contribution in [0.25, 0.3) is 0 Å². The van der Waals surface area contributed by atoms with Gasteiger partial charge in [-0.25, -0.2) is 0 Å². The van der Waals surface area contributed by atoms with E-state index < -0.39 is 0 Å². The lowest BCUT2D eigenvalue weighted by Crippen LogP contribution is -2.21. The van der Waals surface area contributed by atoms with Gasteiger partial charge in [0.15, 0.2) is 5.82 Å². The molecule has 0 fully saturated rings. The Kier molecular flexibility index (Phi) is 6.99. The summed E-state index contributed by atoms with van der Waals surface area (Å²) in [5.41, 5.74) is 0. The van der Waals surface area contributed by atoms with Gasteiger partial charge in [0, 0.05) is 11.3 Å². The minimum atomic E-state index is -0.298. The highest BCUT2D eigenvalue weighted by Gasteiger charge is 2.20. The van der Waals surface area contributed by atoms with Crippen LogP contribution in [-0.4, -0.2) is 31.7 Å². The molecule has 0 spiro atoms. The first kappa shape index (κ1) is 15.5. The topological polar surface area (TPSA) is 86.7 Å². The zero-order valence-corrected chi connectivity index (χ0v) is 11.8. The Morgan fingerprint density at radius 2 is 2.05 bits per heavy atom. The highest BCUT2D eigenvalue weighted by atomic mass is 16.6. The lowest BCUT2D eigenvalue weighted by atomic mass is 10.1. The molecule has 0 saturated carbocycles. The van der Waals surface area contributed by atoms with Crippen molar-refractivity contribution in [2.75, 3.05) is 6.54 Å². The van der Waals surface area contributed by atoms with Crippen LogP contribution in [0, 0.1) is 10.1 Å². The fourth-order valence-electron chi connectivity index (χ4n) is 1.99. The third-order valence-corrected chi connectivity index (χ3v) is 3.02. The van der Waals surface area contributed by atoms with Gasteiger partial charge in [-0.3, -0.25) is 10.1 Å². The Labute approximate surface area is 113 Å². The van der Waals surface area contributed by atoms with Crippen molar-refractivity contribution in [3.63, 3.8) is 0 Å². The number of tetrazole rings is 1. The summed E-state index contributed by atoms with van der Waals surface area (Å²) in [6.07, 6.45) is 6.84. The van der Waals surface area contributed by atoms with Crippen LogP contribution in [0.4, 0.5) is 0 Å². The average molecular weight is 269 g/mol. The molecule has 1 heterocycles. The summed E-state index contributed by atoms with van der Waals surface area (Å²) in [5, 5.41) is 22.9. The molecule has 0 bridgehead atoms. The van der Waals surface area contributed by atoms with Crippen LogP contribution in [0.1, 0.15) is 64.2 Å². The van der Waals surface area contributed by atoms with Crippen molar-refractivity contribution in [1.29, 1.82) is 0 Å². The summed E-state index contributed by atoms with van der Waals surface area (Å²) in [7, 11) is 0. The van der Waals surface area contributed by atoms with Crippen LogP contribution in [-0.2, 0) is 6.42 Å². The highest BCUT2D eigenvalue weighted by molar-refractivity contribution is 4.77. The van der Waals surface area contributed by atoms with Gasteiger partial charge in [0.2, 0.25) is 6.54 Å². The molecule has 7 nitrogen and oxygen atoms in total. The minimum absolute atomic E-state index is 0.131. The van der Waals surface area contributed by atoms with Gasteiger partial charge in [0.25, 0.3) is 0 Å². The molecular formula is C12H23N5O2. The molecule has 0 saturated heterocycles. The summed E-state index contributed by atoms with van der Waals surface area (Å²) >= 11 is 0. The van der Waals surface area contributed by atoms with Gasteiger partial charge in [-0.15, -0.1) is 10.2 Å². The Hall–Kier alpha value is -1.53. The second kappa shape index (κ2) is 8.55. The largest absolute Gasteiger partial charge is 0.264 e. The van der Waals surface area contributed by atoms with E-state index in [-0.39, 0.29) is 17.5 Å². The van der Waals surface area contributed by atoms with E-state index in [1.54, 1.807) is 0 Å². The lowest BCUT2D eigenvalue weighted by Gasteiger charge is -2.10. The van der Waals surface area contributed by atoms with Crippen molar-refractivity contribution in [3.05, 3.63) is 15.9 Å². The van der Waals surface area contributed by atoms with Crippen molar-refractivity contribution in [3.8, 4) is 0 Å². The molecule has 19 heavy (non-hydrogen) atoms. The Bertz CT molecular complexity index is 380. The zero-order valence-electron chi connectivity index (χ0n) is 11.8. The normalized spacial score (nSPS) is 12.5. The third-order valence-electron chi connectivity index (χ3n) is 3.02. The second-order valence-electron chi connectivity index (χ2n) is 4.79. The molecule has 1 aromatic rings. The molecule has 0 N–H and O–H groups in total. The van der Waals surface area contributed by atoms with E-state index in [9.17, 15) is 10.1 Å². The molecule has 1 rings (SSSR count). The first-order valence-corrected chi connectivity index (χ1v) is 7.07. The van der Waals surface area contributed by atoms with E-state index in [1.165, 1.54) is 4.80 Å². The number of nitrogens with zero attached hydrogens (tertiary/aromatic N) is 5. The van der Waals surface area contributed by atoms with E-state index in [1.807, 2.05) is 6.92 Å². The number of aromatic nitrogens is 4. The van der Waals surface area contributed by atoms with Crippen molar-refractivity contribution in [2.24, 2.45) is 0 Å². The first-order valence-electron chi connectivity index (χ1n) is 7.07. The smallest absolute Gasteiger partial charge is 0.227 e. The number of aryl methyl sites for hydroxylation is 1. The van der Waals surface area contributed by atoms with Crippen LogP contribution >= 0.6 is 0 Å². The molecule has 0 aliphatic carbocycles. The fraction of sp³-hybridized carbons (Fsp3) is 0.917. The minimum Gasteiger partial charge on any atom is -0.264 e. The van der Waals surface area contributed by atoms with E-state index in [4.69, 9.17) is 0 Å². The quantitative estimate of drug-likeness (QED) is 0.370. The molecular weight excluding hydrogens is 246 g/mol. The first-order chi connectivity index (χ1) is 9.17. The maximum atomic E-state index is 10.7. The Morgan fingerprint density at radius 3 is 2.68 bits per heavy atom. The maximum Gasteiger partial charge on any atom is 0.227 e.